The monoisotopic (exact) mass is 565 g/mol. The van der Waals surface area contributed by atoms with Crippen LogP contribution in [-0.2, 0) is 13.1 Å². The Morgan fingerprint density at radius 3 is 2.64 bits per heavy atom. The molecule has 1 heterocycles. The first kappa shape index (κ1) is 26.5. The van der Waals surface area contributed by atoms with Crippen molar-refractivity contribution in [2.24, 2.45) is 4.99 Å². The molecular weight excluding hydrogens is 533 g/mol. The summed E-state index contributed by atoms with van der Waals surface area (Å²) in [6, 6.07) is 15.7. The molecule has 0 aliphatic rings. The van der Waals surface area contributed by atoms with E-state index in [0.717, 1.165) is 29.3 Å². The number of aliphatic hydroxyl groups excluding tert-OH is 1. The maximum atomic E-state index is 8.96. The van der Waals surface area contributed by atoms with E-state index in [1.54, 1.807) is 7.11 Å². The number of nitrogens with zero attached hydrogens (tertiary/aromatic N) is 4. The minimum atomic E-state index is -0.0438. The second-order valence-electron chi connectivity index (χ2n) is 7.21. The Hall–Kier alpha value is -2.79. The van der Waals surface area contributed by atoms with Crippen LogP contribution >= 0.6 is 24.0 Å². The van der Waals surface area contributed by atoms with Gasteiger partial charge in [0.1, 0.15) is 6.61 Å². The Morgan fingerprint density at radius 1 is 1.15 bits per heavy atom. The molecule has 2 aromatic carbocycles. The first-order valence-corrected chi connectivity index (χ1v) is 10.6. The van der Waals surface area contributed by atoms with Crippen LogP contribution in [0.5, 0.6) is 11.5 Å². The zero-order valence-electron chi connectivity index (χ0n) is 19.3. The third-order valence-electron chi connectivity index (χ3n) is 4.76. The zero-order chi connectivity index (χ0) is 22.8. The van der Waals surface area contributed by atoms with Gasteiger partial charge in [-0.1, -0.05) is 24.3 Å². The van der Waals surface area contributed by atoms with E-state index in [1.807, 2.05) is 79.6 Å². The average Bonchev–Trinajstić information content (AvgIpc) is 3.29. The van der Waals surface area contributed by atoms with E-state index >= 15 is 0 Å². The Labute approximate surface area is 212 Å². The largest absolute Gasteiger partial charge is 0.493 e. The summed E-state index contributed by atoms with van der Waals surface area (Å²) in [7, 11) is 3.61. The molecule has 0 aliphatic carbocycles. The highest BCUT2D eigenvalue weighted by atomic mass is 127. The minimum absolute atomic E-state index is 0. The molecule has 2 N–H and O–H groups in total. The first-order chi connectivity index (χ1) is 15.6. The molecule has 0 saturated heterocycles. The van der Waals surface area contributed by atoms with Gasteiger partial charge in [0, 0.05) is 31.9 Å². The van der Waals surface area contributed by atoms with Crippen molar-refractivity contribution in [3.05, 3.63) is 72.1 Å². The van der Waals surface area contributed by atoms with Crippen LogP contribution in [0.2, 0.25) is 0 Å². The molecule has 3 rings (SSSR count). The van der Waals surface area contributed by atoms with Gasteiger partial charge in [-0.15, -0.1) is 24.0 Å². The second kappa shape index (κ2) is 13.7. The minimum Gasteiger partial charge on any atom is -0.493 e. The SMILES string of the molecule is CCNC(=NCc1ccc(OCCO)c(OC)c1)N(C)Cc1cnn(-c2ccccc2)c1.I. The Balaban J connectivity index is 0.00000385. The third-order valence-corrected chi connectivity index (χ3v) is 4.76. The molecule has 9 heteroatoms. The molecule has 0 radical (unpaired) electrons. The second-order valence-corrected chi connectivity index (χ2v) is 7.21. The van der Waals surface area contributed by atoms with Crippen molar-refractivity contribution < 1.29 is 14.6 Å². The van der Waals surface area contributed by atoms with Gasteiger partial charge in [0.25, 0.3) is 0 Å². The predicted octanol–water partition coefficient (Wildman–Crippen LogP) is 3.47. The van der Waals surface area contributed by atoms with Gasteiger partial charge in [-0.3, -0.25) is 0 Å². The van der Waals surface area contributed by atoms with E-state index in [0.29, 0.717) is 24.6 Å². The lowest BCUT2D eigenvalue weighted by atomic mass is 10.2. The van der Waals surface area contributed by atoms with Gasteiger partial charge in [0.05, 0.1) is 32.1 Å². The highest BCUT2D eigenvalue weighted by molar-refractivity contribution is 14.0. The number of para-hydroxylation sites is 1. The van der Waals surface area contributed by atoms with Crippen molar-refractivity contribution in [1.29, 1.82) is 0 Å². The van der Waals surface area contributed by atoms with Gasteiger partial charge in [0.2, 0.25) is 0 Å². The maximum absolute atomic E-state index is 8.96. The maximum Gasteiger partial charge on any atom is 0.194 e. The number of methoxy groups -OCH3 is 1. The van der Waals surface area contributed by atoms with E-state index in [4.69, 9.17) is 19.6 Å². The summed E-state index contributed by atoms with van der Waals surface area (Å²) in [6.07, 6.45) is 3.91. The van der Waals surface area contributed by atoms with Crippen molar-refractivity contribution in [2.45, 2.75) is 20.0 Å². The van der Waals surface area contributed by atoms with Gasteiger partial charge in [-0.2, -0.15) is 5.10 Å². The van der Waals surface area contributed by atoms with Gasteiger partial charge in [0.15, 0.2) is 17.5 Å². The van der Waals surface area contributed by atoms with Gasteiger partial charge < -0.3 is 24.8 Å². The van der Waals surface area contributed by atoms with Crippen LogP contribution in [0.3, 0.4) is 0 Å². The molecule has 0 atom stereocenters. The van der Waals surface area contributed by atoms with Crippen LogP contribution in [0, 0.1) is 0 Å². The number of aliphatic imine (C=N–C) groups is 1. The Bertz CT molecular complexity index is 1010. The topological polar surface area (TPSA) is 84.1 Å². The van der Waals surface area contributed by atoms with Gasteiger partial charge in [-0.05, 0) is 36.8 Å². The van der Waals surface area contributed by atoms with Crippen molar-refractivity contribution in [2.75, 3.05) is 33.9 Å². The summed E-state index contributed by atoms with van der Waals surface area (Å²) in [5.41, 5.74) is 3.12. The van der Waals surface area contributed by atoms with Crippen molar-refractivity contribution in [1.82, 2.24) is 20.0 Å². The van der Waals surface area contributed by atoms with Crippen molar-refractivity contribution >= 4 is 29.9 Å². The van der Waals surface area contributed by atoms with E-state index < -0.39 is 0 Å². The Morgan fingerprint density at radius 2 is 1.94 bits per heavy atom. The normalized spacial score (nSPS) is 11.0. The molecule has 3 aromatic rings. The van der Waals surface area contributed by atoms with E-state index in [1.165, 1.54) is 0 Å². The zero-order valence-corrected chi connectivity index (χ0v) is 21.6. The molecule has 0 fully saturated rings. The fourth-order valence-electron chi connectivity index (χ4n) is 3.23. The van der Waals surface area contributed by atoms with Crippen LogP contribution in [-0.4, -0.2) is 59.7 Å². The highest BCUT2D eigenvalue weighted by Crippen LogP contribution is 2.28. The first-order valence-electron chi connectivity index (χ1n) is 10.6. The summed E-state index contributed by atoms with van der Waals surface area (Å²) < 4.78 is 12.8. The number of rotatable bonds is 10. The number of aliphatic hydroxyl groups is 1. The van der Waals surface area contributed by atoms with E-state index in [2.05, 4.69) is 15.3 Å². The fourth-order valence-corrected chi connectivity index (χ4v) is 3.23. The number of ether oxygens (including phenoxy) is 2. The lowest BCUT2D eigenvalue weighted by molar-refractivity contribution is 0.196. The van der Waals surface area contributed by atoms with E-state index in [-0.39, 0.29) is 37.2 Å². The van der Waals surface area contributed by atoms with Crippen LogP contribution < -0.4 is 14.8 Å². The van der Waals surface area contributed by atoms with E-state index in [9.17, 15) is 0 Å². The lowest BCUT2D eigenvalue weighted by Gasteiger charge is -2.21. The van der Waals surface area contributed by atoms with Gasteiger partial charge >= 0.3 is 0 Å². The summed E-state index contributed by atoms with van der Waals surface area (Å²) in [5, 5.41) is 16.8. The molecule has 8 nitrogen and oxygen atoms in total. The Kier molecular flexibility index (Phi) is 11.0. The molecule has 0 amide bonds. The quantitative estimate of drug-likeness (QED) is 0.223. The number of aromatic nitrogens is 2. The van der Waals surface area contributed by atoms with Crippen LogP contribution in [0.15, 0.2) is 65.9 Å². The van der Waals surface area contributed by atoms with Crippen LogP contribution in [0.4, 0.5) is 0 Å². The fraction of sp³-hybridized carbons (Fsp3) is 0.333. The van der Waals surface area contributed by atoms with Crippen LogP contribution in [0.25, 0.3) is 5.69 Å². The molecule has 33 heavy (non-hydrogen) atoms. The van der Waals surface area contributed by atoms with Gasteiger partial charge in [-0.25, -0.2) is 9.67 Å². The molecule has 178 valence electrons. The number of nitrogens with one attached hydrogen (secondary N) is 1. The predicted molar refractivity (Wildman–Crippen MR) is 141 cm³/mol. The third kappa shape index (κ3) is 7.64. The lowest BCUT2D eigenvalue weighted by Crippen LogP contribution is -2.38. The number of halogens is 1. The molecule has 0 saturated carbocycles. The molecular formula is C24H32IN5O3. The summed E-state index contributed by atoms with van der Waals surface area (Å²) in [6.45, 7) is 4.17. The average molecular weight is 565 g/mol. The molecule has 0 unspecified atom stereocenters. The molecule has 1 aromatic heterocycles. The number of benzene rings is 2. The smallest absolute Gasteiger partial charge is 0.194 e. The number of hydrogen-bond donors (Lipinski definition) is 2. The standard InChI is InChI=1S/C24H31N5O3.HI/c1-4-25-24(26-15-19-10-11-22(32-13-12-30)23(14-19)31-3)28(2)17-20-16-27-29(18-20)21-8-6-5-7-9-21;/h5-11,14,16,18,30H,4,12-13,15,17H2,1-3H3,(H,25,26);1H. The number of hydrogen-bond acceptors (Lipinski definition) is 5. The van der Waals surface area contributed by atoms with Crippen molar-refractivity contribution in [3.8, 4) is 17.2 Å². The molecule has 0 aliphatic heterocycles. The summed E-state index contributed by atoms with van der Waals surface area (Å²) in [5.74, 6) is 2.03. The van der Waals surface area contributed by atoms with Crippen molar-refractivity contribution in [3.63, 3.8) is 0 Å². The summed E-state index contributed by atoms with van der Waals surface area (Å²) >= 11 is 0. The highest BCUT2D eigenvalue weighted by Gasteiger charge is 2.10. The molecule has 0 spiro atoms. The molecule has 0 bridgehead atoms. The van der Waals surface area contributed by atoms with Crippen LogP contribution in [0.1, 0.15) is 18.1 Å². The summed E-state index contributed by atoms with van der Waals surface area (Å²) in [4.78, 5) is 6.86. The number of guanidine groups is 1.